The van der Waals surface area contributed by atoms with E-state index in [2.05, 4.69) is 19.6 Å². The zero-order chi connectivity index (χ0) is 13.3. The summed E-state index contributed by atoms with van der Waals surface area (Å²) in [5.41, 5.74) is 2.67. The van der Waals surface area contributed by atoms with E-state index in [4.69, 9.17) is 4.74 Å². The minimum atomic E-state index is -0.494. The highest BCUT2D eigenvalue weighted by molar-refractivity contribution is 5.91. The Balaban J connectivity index is 2.29. The standard InChI is InChI=1S/C15H20O3/c1-9-4-6-12-11(3)15(17)18-14(12)8-10(2)13(16)7-5-9/h5,8,12-14,16H,3-4,6-7H2,1-2H3/b9-5+,10-8+/t12-,13-,14-/m1/s1. The van der Waals surface area contributed by atoms with Crippen LogP contribution in [-0.2, 0) is 9.53 Å². The second-order valence-electron chi connectivity index (χ2n) is 5.25. The Kier molecular flexibility index (Phi) is 3.71. The summed E-state index contributed by atoms with van der Waals surface area (Å²) >= 11 is 0. The summed E-state index contributed by atoms with van der Waals surface area (Å²) in [4.78, 5) is 11.6. The van der Waals surface area contributed by atoms with Crippen LogP contribution in [0, 0.1) is 5.92 Å². The van der Waals surface area contributed by atoms with Gasteiger partial charge in [0.2, 0.25) is 0 Å². The van der Waals surface area contributed by atoms with Crippen LogP contribution in [0.25, 0.3) is 0 Å². The van der Waals surface area contributed by atoms with Gasteiger partial charge in [-0.1, -0.05) is 18.2 Å². The van der Waals surface area contributed by atoms with Crippen molar-refractivity contribution in [1.29, 1.82) is 0 Å². The molecule has 0 spiro atoms. The molecule has 2 aliphatic rings. The largest absolute Gasteiger partial charge is 0.454 e. The molecule has 0 amide bonds. The van der Waals surface area contributed by atoms with E-state index in [1.54, 1.807) is 0 Å². The van der Waals surface area contributed by atoms with Gasteiger partial charge in [-0.2, -0.15) is 0 Å². The lowest BCUT2D eigenvalue weighted by molar-refractivity contribution is -0.137. The van der Waals surface area contributed by atoms with Gasteiger partial charge in [0.1, 0.15) is 6.10 Å². The average molecular weight is 248 g/mol. The van der Waals surface area contributed by atoms with Crippen molar-refractivity contribution in [2.24, 2.45) is 5.92 Å². The first-order chi connectivity index (χ1) is 8.49. The van der Waals surface area contributed by atoms with E-state index < -0.39 is 6.10 Å². The number of hydrogen-bond acceptors (Lipinski definition) is 3. The zero-order valence-corrected chi connectivity index (χ0v) is 11.0. The molecule has 98 valence electrons. The highest BCUT2D eigenvalue weighted by Crippen LogP contribution is 2.34. The summed E-state index contributed by atoms with van der Waals surface area (Å²) < 4.78 is 5.32. The van der Waals surface area contributed by atoms with E-state index in [1.807, 2.05) is 13.0 Å². The van der Waals surface area contributed by atoms with Crippen molar-refractivity contribution >= 4 is 5.97 Å². The summed E-state index contributed by atoms with van der Waals surface area (Å²) in [6, 6.07) is 0. The topological polar surface area (TPSA) is 46.5 Å². The molecule has 3 nitrogen and oxygen atoms in total. The highest BCUT2D eigenvalue weighted by Gasteiger charge is 2.37. The maximum absolute atomic E-state index is 11.6. The van der Waals surface area contributed by atoms with E-state index in [0.717, 1.165) is 18.4 Å². The molecular weight excluding hydrogens is 228 g/mol. The molecule has 0 saturated carbocycles. The molecule has 1 heterocycles. The fourth-order valence-corrected chi connectivity index (χ4v) is 2.47. The lowest BCUT2D eigenvalue weighted by Gasteiger charge is -2.19. The molecule has 3 atom stereocenters. The fourth-order valence-electron chi connectivity index (χ4n) is 2.47. The van der Waals surface area contributed by atoms with Gasteiger partial charge in [0.05, 0.1) is 6.10 Å². The van der Waals surface area contributed by atoms with E-state index in [0.29, 0.717) is 12.0 Å². The molecule has 0 bridgehead atoms. The Morgan fingerprint density at radius 3 is 2.89 bits per heavy atom. The zero-order valence-electron chi connectivity index (χ0n) is 11.0. The lowest BCUT2D eigenvalue weighted by Crippen LogP contribution is -2.18. The van der Waals surface area contributed by atoms with Crippen LogP contribution in [0.15, 0.2) is 35.5 Å². The van der Waals surface area contributed by atoms with Gasteiger partial charge in [-0.05, 0) is 44.8 Å². The third kappa shape index (κ3) is 2.56. The Morgan fingerprint density at radius 1 is 1.44 bits per heavy atom. The number of aliphatic hydroxyl groups excluding tert-OH is 1. The average Bonchev–Trinajstić information content (AvgIpc) is 2.59. The van der Waals surface area contributed by atoms with Crippen LogP contribution in [0.4, 0.5) is 0 Å². The normalized spacial score (nSPS) is 39.2. The van der Waals surface area contributed by atoms with E-state index in [1.165, 1.54) is 5.57 Å². The fraction of sp³-hybridized carbons (Fsp3) is 0.533. The summed E-state index contributed by atoms with van der Waals surface area (Å²) in [5.74, 6) is -0.259. The number of esters is 1. The number of rotatable bonds is 0. The molecule has 1 fully saturated rings. The molecule has 18 heavy (non-hydrogen) atoms. The second-order valence-corrected chi connectivity index (χ2v) is 5.25. The Morgan fingerprint density at radius 2 is 2.17 bits per heavy atom. The molecule has 3 heteroatoms. The van der Waals surface area contributed by atoms with E-state index in [9.17, 15) is 9.90 Å². The Labute approximate surface area is 108 Å². The Bertz CT molecular complexity index is 431. The van der Waals surface area contributed by atoms with Crippen molar-refractivity contribution in [3.8, 4) is 0 Å². The predicted octanol–water partition coefficient (Wildman–Crippen LogP) is 2.52. The van der Waals surface area contributed by atoms with Crippen LogP contribution in [0.2, 0.25) is 0 Å². The third-order valence-electron chi connectivity index (χ3n) is 3.84. The molecule has 0 aromatic carbocycles. The number of carbonyl (C=O) groups excluding carboxylic acids is 1. The van der Waals surface area contributed by atoms with Crippen molar-refractivity contribution in [1.82, 2.24) is 0 Å². The van der Waals surface area contributed by atoms with Crippen LogP contribution in [0.3, 0.4) is 0 Å². The molecule has 1 saturated heterocycles. The minimum absolute atomic E-state index is 0.0427. The van der Waals surface area contributed by atoms with Crippen molar-refractivity contribution in [2.45, 2.75) is 45.3 Å². The SMILES string of the molecule is C=C1C(=O)O[C@@H]2/C=C(\C)[C@H](O)C/C=C(\C)CC[C@H]12. The quantitative estimate of drug-likeness (QED) is 0.407. The number of allylic oxidation sites excluding steroid dienone is 1. The summed E-state index contributed by atoms with van der Waals surface area (Å²) in [6.07, 6.45) is 5.61. The number of carbonyl (C=O) groups is 1. The number of hydrogen-bond donors (Lipinski definition) is 1. The van der Waals surface area contributed by atoms with Gasteiger partial charge in [-0.25, -0.2) is 4.79 Å². The molecule has 1 aliphatic heterocycles. The second kappa shape index (κ2) is 5.11. The summed E-state index contributed by atoms with van der Waals surface area (Å²) in [5, 5.41) is 9.99. The van der Waals surface area contributed by atoms with Crippen molar-refractivity contribution in [2.75, 3.05) is 0 Å². The first kappa shape index (κ1) is 13.1. The van der Waals surface area contributed by atoms with Crippen LogP contribution in [0.1, 0.15) is 33.1 Å². The van der Waals surface area contributed by atoms with Gasteiger partial charge >= 0.3 is 5.97 Å². The summed E-state index contributed by atoms with van der Waals surface area (Å²) in [6.45, 7) is 7.76. The maximum atomic E-state index is 11.6. The van der Waals surface area contributed by atoms with Crippen molar-refractivity contribution in [3.63, 3.8) is 0 Å². The van der Waals surface area contributed by atoms with Crippen LogP contribution in [0.5, 0.6) is 0 Å². The molecular formula is C15H20O3. The lowest BCUT2D eigenvalue weighted by atomic mass is 9.88. The molecule has 2 rings (SSSR count). The molecule has 0 radical (unpaired) electrons. The van der Waals surface area contributed by atoms with Crippen LogP contribution < -0.4 is 0 Å². The van der Waals surface area contributed by atoms with Crippen molar-refractivity contribution < 1.29 is 14.6 Å². The van der Waals surface area contributed by atoms with Crippen molar-refractivity contribution in [3.05, 3.63) is 35.5 Å². The first-order valence-electron chi connectivity index (χ1n) is 6.41. The predicted molar refractivity (Wildman–Crippen MR) is 69.9 cm³/mol. The Hall–Kier alpha value is -1.35. The molecule has 0 aromatic rings. The van der Waals surface area contributed by atoms with Gasteiger partial charge in [0, 0.05) is 11.5 Å². The number of ether oxygens (including phenoxy) is 1. The maximum Gasteiger partial charge on any atom is 0.334 e. The molecule has 0 unspecified atom stereocenters. The number of aliphatic hydroxyl groups is 1. The van der Waals surface area contributed by atoms with Gasteiger partial charge < -0.3 is 9.84 Å². The highest BCUT2D eigenvalue weighted by atomic mass is 16.5. The van der Waals surface area contributed by atoms with Crippen LogP contribution in [-0.4, -0.2) is 23.3 Å². The minimum Gasteiger partial charge on any atom is -0.454 e. The van der Waals surface area contributed by atoms with Gasteiger partial charge in [-0.15, -0.1) is 0 Å². The third-order valence-corrected chi connectivity index (χ3v) is 3.84. The van der Waals surface area contributed by atoms with Gasteiger partial charge in [0.25, 0.3) is 0 Å². The molecule has 1 N–H and O–H groups in total. The van der Waals surface area contributed by atoms with E-state index >= 15 is 0 Å². The van der Waals surface area contributed by atoms with Crippen LogP contribution >= 0.6 is 0 Å². The molecule has 1 aliphatic carbocycles. The van der Waals surface area contributed by atoms with Gasteiger partial charge in [0.15, 0.2) is 0 Å². The monoisotopic (exact) mass is 248 g/mol. The first-order valence-corrected chi connectivity index (χ1v) is 6.41. The summed E-state index contributed by atoms with van der Waals surface area (Å²) in [7, 11) is 0. The molecule has 0 aromatic heterocycles. The number of fused-ring (bicyclic) bond motifs is 1. The smallest absolute Gasteiger partial charge is 0.334 e. The van der Waals surface area contributed by atoms with E-state index in [-0.39, 0.29) is 18.0 Å². The van der Waals surface area contributed by atoms with Gasteiger partial charge in [-0.3, -0.25) is 0 Å².